The molecule has 1 aromatic carbocycles. The SMILES string of the molecule is Cc1ccc(COC[C@H]2O[C@@H](C(C)(C)C)[C@H](O)[C@@H]2O)cc1. The number of hydrogen-bond donors (Lipinski definition) is 2. The molecule has 0 aromatic heterocycles. The Labute approximate surface area is 126 Å². The molecule has 0 unspecified atom stereocenters. The van der Waals surface area contributed by atoms with Crippen molar-refractivity contribution < 1.29 is 19.7 Å². The molecule has 0 amide bonds. The second-order valence-electron chi connectivity index (χ2n) is 6.94. The topological polar surface area (TPSA) is 58.9 Å². The Hall–Kier alpha value is -0.940. The van der Waals surface area contributed by atoms with Gasteiger partial charge in [0, 0.05) is 0 Å². The zero-order valence-electron chi connectivity index (χ0n) is 13.2. The van der Waals surface area contributed by atoms with Gasteiger partial charge >= 0.3 is 0 Å². The van der Waals surface area contributed by atoms with Crippen molar-refractivity contribution in [3.05, 3.63) is 35.4 Å². The van der Waals surface area contributed by atoms with Gasteiger partial charge < -0.3 is 19.7 Å². The van der Waals surface area contributed by atoms with Gasteiger partial charge in [-0.1, -0.05) is 50.6 Å². The van der Waals surface area contributed by atoms with Crippen LogP contribution in [-0.4, -0.2) is 41.2 Å². The summed E-state index contributed by atoms with van der Waals surface area (Å²) in [6.45, 7) is 8.76. The van der Waals surface area contributed by atoms with E-state index < -0.39 is 18.3 Å². The molecule has 4 heteroatoms. The lowest BCUT2D eigenvalue weighted by molar-refractivity contribution is -0.0771. The fourth-order valence-corrected chi connectivity index (χ4v) is 2.58. The van der Waals surface area contributed by atoms with E-state index in [-0.39, 0.29) is 18.1 Å². The van der Waals surface area contributed by atoms with E-state index >= 15 is 0 Å². The van der Waals surface area contributed by atoms with E-state index in [2.05, 4.69) is 0 Å². The lowest BCUT2D eigenvalue weighted by atomic mass is 9.85. The summed E-state index contributed by atoms with van der Waals surface area (Å²) in [5.41, 5.74) is 2.08. The van der Waals surface area contributed by atoms with Crippen molar-refractivity contribution in [1.29, 1.82) is 0 Å². The van der Waals surface area contributed by atoms with E-state index in [0.717, 1.165) is 5.56 Å². The Morgan fingerprint density at radius 3 is 2.24 bits per heavy atom. The van der Waals surface area contributed by atoms with Crippen molar-refractivity contribution in [3.8, 4) is 0 Å². The van der Waals surface area contributed by atoms with Crippen LogP contribution in [0.25, 0.3) is 0 Å². The van der Waals surface area contributed by atoms with Crippen LogP contribution in [-0.2, 0) is 16.1 Å². The Bertz CT molecular complexity index is 449. The summed E-state index contributed by atoms with van der Waals surface area (Å²) in [6, 6.07) is 8.13. The maximum absolute atomic E-state index is 10.1. The van der Waals surface area contributed by atoms with Crippen molar-refractivity contribution in [3.63, 3.8) is 0 Å². The highest BCUT2D eigenvalue weighted by Crippen LogP contribution is 2.34. The molecule has 1 fully saturated rings. The zero-order valence-corrected chi connectivity index (χ0v) is 13.2. The van der Waals surface area contributed by atoms with Crippen molar-refractivity contribution in [2.24, 2.45) is 5.41 Å². The fraction of sp³-hybridized carbons (Fsp3) is 0.647. The highest BCUT2D eigenvalue weighted by atomic mass is 16.6. The highest BCUT2D eigenvalue weighted by molar-refractivity contribution is 5.20. The second kappa shape index (κ2) is 6.44. The van der Waals surface area contributed by atoms with Crippen LogP contribution in [0.1, 0.15) is 31.9 Å². The van der Waals surface area contributed by atoms with Crippen LogP contribution >= 0.6 is 0 Å². The van der Waals surface area contributed by atoms with Crippen LogP contribution in [0.15, 0.2) is 24.3 Å². The molecule has 1 aliphatic heterocycles. The average molecular weight is 294 g/mol. The molecule has 2 rings (SSSR count). The lowest BCUT2D eigenvalue weighted by Crippen LogP contribution is -2.39. The third kappa shape index (κ3) is 4.04. The molecule has 1 saturated heterocycles. The van der Waals surface area contributed by atoms with Crippen molar-refractivity contribution in [2.75, 3.05) is 6.61 Å². The average Bonchev–Trinajstić information content (AvgIpc) is 2.69. The number of aliphatic hydroxyl groups is 2. The molecular weight excluding hydrogens is 268 g/mol. The fourth-order valence-electron chi connectivity index (χ4n) is 2.58. The third-order valence-corrected chi connectivity index (χ3v) is 3.89. The highest BCUT2D eigenvalue weighted by Gasteiger charge is 2.47. The number of benzene rings is 1. The molecule has 4 atom stereocenters. The maximum atomic E-state index is 10.1. The van der Waals surface area contributed by atoms with Crippen LogP contribution in [0.4, 0.5) is 0 Å². The maximum Gasteiger partial charge on any atom is 0.111 e. The quantitative estimate of drug-likeness (QED) is 0.892. The molecule has 0 spiro atoms. The molecule has 21 heavy (non-hydrogen) atoms. The first-order chi connectivity index (χ1) is 9.79. The van der Waals surface area contributed by atoms with Gasteiger partial charge in [0.05, 0.1) is 19.3 Å². The third-order valence-electron chi connectivity index (χ3n) is 3.89. The van der Waals surface area contributed by atoms with Gasteiger partial charge in [-0.25, -0.2) is 0 Å². The number of rotatable bonds is 4. The number of hydrogen-bond acceptors (Lipinski definition) is 4. The first-order valence-electron chi connectivity index (χ1n) is 7.44. The summed E-state index contributed by atoms with van der Waals surface area (Å²) in [5.74, 6) is 0. The van der Waals surface area contributed by atoms with Crippen molar-refractivity contribution in [2.45, 2.75) is 58.7 Å². The minimum absolute atomic E-state index is 0.216. The van der Waals surface area contributed by atoms with E-state index in [1.54, 1.807) is 0 Å². The standard InChI is InChI=1S/C17H26O4/c1-11-5-7-12(8-6-11)9-20-10-13-14(18)15(19)16(21-13)17(2,3)4/h5-8,13-16,18-19H,9-10H2,1-4H3/t13-,14-,15-,16-/m1/s1. The molecule has 118 valence electrons. The number of aliphatic hydroxyl groups excluding tert-OH is 2. The van der Waals surface area contributed by atoms with E-state index in [0.29, 0.717) is 6.61 Å². The van der Waals surface area contributed by atoms with Crippen molar-refractivity contribution in [1.82, 2.24) is 0 Å². The summed E-state index contributed by atoms with van der Waals surface area (Å²) in [5, 5.41) is 20.1. The minimum Gasteiger partial charge on any atom is -0.388 e. The van der Waals surface area contributed by atoms with Crippen LogP contribution in [0.3, 0.4) is 0 Å². The van der Waals surface area contributed by atoms with Gasteiger partial charge in [-0.3, -0.25) is 0 Å². The van der Waals surface area contributed by atoms with E-state index in [1.165, 1.54) is 5.56 Å². The Morgan fingerprint density at radius 1 is 1.10 bits per heavy atom. The van der Waals surface area contributed by atoms with Gasteiger partial charge in [0.15, 0.2) is 0 Å². The van der Waals surface area contributed by atoms with E-state index in [1.807, 2.05) is 52.0 Å². The summed E-state index contributed by atoms with van der Waals surface area (Å²) in [6.07, 6.45) is -2.61. The molecule has 1 aromatic rings. The smallest absolute Gasteiger partial charge is 0.111 e. The van der Waals surface area contributed by atoms with Gasteiger partial charge in [-0.05, 0) is 17.9 Å². The van der Waals surface area contributed by atoms with Crippen LogP contribution in [0.5, 0.6) is 0 Å². The monoisotopic (exact) mass is 294 g/mol. The Kier molecular flexibility index (Phi) is 5.04. The lowest BCUT2D eigenvalue weighted by Gasteiger charge is -2.28. The normalized spacial score (nSPS) is 29.8. The van der Waals surface area contributed by atoms with Gasteiger partial charge in [0.1, 0.15) is 18.3 Å². The second-order valence-corrected chi connectivity index (χ2v) is 6.94. The number of aryl methyl sites for hydroxylation is 1. The van der Waals surface area contributed by atoms with Gasteiger partial charge in [0.2, 0.25) is 0 Å². The predicted octanol–water partition coefficient (Wildman–Crippen LogP) is 2.05. The zero-order chi connectivity index (χ0) is 15.6. The molecule has 0 saturated carbocycles. The van der Waals surface area contributed by atoms with Crippen LogP contribution in [0, 0.1) is 12.3 Å². The van der Waals surface area contributed by atoms with E-state index in [4.69, 9.17) is 9.47 Å². The molecule has 1 heterocycles. The summed E-state index contributed by atoms with van der Waals surface area (Å²) in [4.78, 5) is 0. The first kappa shape index (κ1) is 16.4. The summed E-state index contributed by atoms with van der Waals surface area (Å²) in [7, 11) is 0. The predicted molar refractivity (Wildman–Crippen MR) is 81.0 cm³/mol. The molecule has 1 aliphatic rings. The molecule has 0 bridgehead atoms. The minimum atomic E-state index is -0.896. The summed E-state index contributed by atoms with van der Waals surface area (Å²) < 4.78 is 11.4. The first-order valence-corrected chi connectivity index (χ1v) is 7.44. The Balaban J connectivity index is 1.85. The molecular formula is C17H26O4. The van der Waals surface area contributed by atoms with E-state index in [9.17, 15) is 10.2 Å². The largest absolute Gasteiger partial charge is 0.388 e. The van der Waals surface area contributed by atoms with Gasteiger partial charge in [0.25, 0.3) is 0 Å². The Morgan fingerprint density at radius 2 is 1.71 bits per heavy atom. The molecule has 2 N–H and O–H groups in total. The number of ether oxygens (including phenoxy) is 2. The molecule has 4 nitrogen and oxygen atoms in total. The molecule has 0 radical (unpaired) electrons. The molecule has 0 aliphatic carbocycles. The van der Waals surface area contributed by atoms with Gasteiger partial charge in [-0.15, -0.1) is 0 Å². The summed E-state index contributed by atoms with van der Waals surface area (Å²) >= 11 is 0. The van der Waals surface area contributed by atoms with Crippen molar-refractivity contribution >= 4 is 0 Å². The van der Waals surface area contributed by atoms with Crippen LogP contribution < -0.4 is 0 Å². The van der Waals surface area contributed by atoms with Crippen LogP contribution in [0.2, 0.25) is 0 Å². The van der Waals surface area contributed by atoms with Gasteiger partial charge in [-0.2, -0.15) is 0 Å².